The third-order valence-electron chi connectivity index (χ3n) is 4.26. The molecule has 1 aromatic carbocycles. The van der Waals surface area contributed by atoms with Gasteiger partial charge in [0, 0.05) is 23.7 Å². The van der Waals surface area contributed by atoms with Gasteiger partial charge in [-0.15, -0.1) is 0 Å². The molecule has 8 nitrogen and oxygen atoms in total. The van der Waals surface area contributed by atoms with Crippen LogP contribution in [0, 0.1) is 17.2 Å². The van der Waals surface area contributed by atoms with Gasteiger partial charge in [-0.3, -0.25) is 19.8 Å². The smallest absolute Gasteiger partial charge is 0.325 e. The summed E-state index contributed by atoms with van der Waals surface area (Å²) in [5.74, 6) is 2.29. The number of ketones is 1. The molecule has 1 saturated heterocycles. The van der Waals surface area contributed by atoms with Gasteiger partial charge in [0.15, 0.2) is 0 Å². The van der Waals surface area contributed by atoms with E-state index in [4.69, 9.17) is 17.0 Å². The Kier molecular flexibility index (Phi) is 5.30. The van der Waals surface area contributed by atoms with E-state index in [9.17, 15) is 14.4 Å². The van der Waals surface area contributed by atoms with Crippen LogP contribution in [0.25, 0.3) is 0 Å². The molecular formula is C16H20N4O4. The van der Waals surface area contributed by atoms with Crippen LogP contribution in [-0.2, 0) is 19.2 Å². The monoisotopic (exact) mass is 332 g/mol. The van der Waals surface area contributed by atoms with E-state index >= 15 is 0 Å². The molecule has 0 radical (unpaired) electrons. The minimum atomic E-state index is -0.741. The van der Waals surface area contributed by atoms with Crippen LogP contribution in [0.15, 0.2) is 24.3 Å². The van der Waals surface area contributed by atoms with Crippen molar-refractivity contribution in [2.24, 2.45) is 23.5 Å². The molecule has 1 amide bonds. The van der Waals surface area contributed by atoms with Crippen LogP contribution in [0.1, 0.15) is 25.3 Å². The summed E-state index contributed by atoms with van der Waals surface area (Å²) < 4.78 is 0. The molecule has 1 fully saturated rings. The van der Waals surface area contributed by atoms with Crippen LogP contribution in [0.2, 0.25) is 0 Å². The molecule has 1 aliphatic heterocycles. The van der Waals surface area contributed by atoms with Gasteiger partial charge in [-0.25, -0.2) is 0 Å². The lowest BCUT2D eigenvalue weighted by Gasteiger charge is -2.20. The number of carbonyl (C=O) groups is 3. The lowest BCUT2D eigenvalue weighted by atomic mass is 9.85. The van der Waals surface area contributed by atoms with Crippen LogP contribution in [0.3, 0.4) is 0 Å². The van der Waals surface area contributed by atoms with Crippen molar-refractivity contribution in [3.05, 3.63) is 29.8 Å². The molecule has 1 aliphatic rings. The quantitative estimate of drug-likeness (QED) is 0.390. The van der Waals surface area contributed by atoms with Gasteiger partial charge in [-0.1, -0.05) is 0 Å². The first kappa shape index (κ1) is 17.6. The lowest BCUT2D eigenvalue weighted by molar-refractivity contribution is -0.148. The van der Waals surface area contributed by atoms with Crippen molar-refractivity contribution in [1.29, 1.82) is 5.41 Å². The molecule has 24 heavy (non-hydrogen) atoms. The number of anilines is 1. The Labute approximate surface area is 139 Å². The SMILES string of the molecule is CC(=O)C(CC(=O)ON)C1CCN(c2ccc(C(=N)N)cc2)C1=O. The molecule has 1 heterocycles. The highest BCUT2D eigenvalue weighted by Crippen LogP contribution is 2.32. The predicted molar refractivity (Wildman–Crippen MR) is 87.0 cm³/mol. The van der Waals surface area contributed by atoms with Crippen LogP contribution in [-0.4, -0.2) is 30.0 Å². The van der Waals surface area contributed by atoms with E-state index in [1.165, 1.54) is 6.92 Å². The molecule has 0 bridgehead atoms. The first-order chi connectivity index (χ1) is 11.3. The van der Waals surface area contributed by atoms with Gasteiger partial charge < -0.3 is 15.5 Å². The van der Waals surface area contributed by atoms with E-state index in [2.05, 4.69) is 4.84 Å². The van der Waals surface area contributed by atoms with Crippen molar-refractivity contribution in [3.8, 4) is 0 Å². The topological polar surface area (TPSA) is 140 Å². The van der Waals surface area contributed by atoms with Crippen molar-refractivity contribution in [3.63, 3.8) is 0 Å². The maximum absolute atomic E-state index is 12.7. The number of amides is 1. The van der Waals surface area contributed by atoms with Crippen molar-refractivity contribution in [1.82, 2.24) is 0 Å². The Morgan fingerprint density at radius 3 is 2.50 bits per heavy atom. The van der Waals surface area contributed by atoms with Crippen LogP contribution in [0.4, 0.5) is 5.69 Å². The normalized spacial score (nSPS) is 18.3. The number of hydrogen-bond acceptors (Lipinski definition) is 6. The average molecular weight is 332 g/mol. The molecule has 8 heteroatoms. The second-order valence-electron chi connectivity index (χ2n) is 5.76. The molecule has 5 N–H and O–H groups in total. The summed E-state index contributed by atoms with van der Waals surface area (Å²) in [6.07, 6.45) is 0.259. The number of nitrogens with two attached hydrogens (primary N) is 2. The Bertz CT molecular complexity index is 671. The molecule has 2 unspecified atom stereocenters. The predicted octanol–water partition coefficient (Wildman–Crippen LogP) is 0.336. The number of hydrogen-bond donors (Lipinski definition) is 3. The van der Waals surface area contributed by atoms with Gasteiger partial charge in [-0.05, 0) is 37.6 Å². The van der Waals surface area contributed by atoms with Gasteiger partial charge in [0.2, 0.25) is 5.91 Å². The maximum Gasteiger partial charge on any atom is 0.325 e. The summed E-state index contributed by atoms with van der Waals surface area (Å²) in [4.78, 5) is 41.6. The van der Waals surface area contributed by atoms with Gasteiger partial charge >= 0.3 is 5.97 Å². The fourth-order valence-electron chi connectivity index (χ4n) is 2.95. The van der Waals surface area contributed by atoms with Gasteiger partial charge in [0.1, 0.15) is 11.6 Å². The summed E-state index contributed by atoms with van der Waals surface area (Å²) in [7, 11) is 0. The standard InChI is InChI=1S/C16H20N4O4/c1-9(21)13(8-14(22)24-19)12-6-7-20(16(12)23)11-4-2-10(3-5-11)15(17)18/h2-5,12-13H,6-8,19H2,1H3,(H3,17,18). The third kappa shape index (κ3) is 3.60. The molecule has 128 valence electrons. The zero-order valence-electron chi connectivity index (χ0n) is 13.3. The number of rotatable bonds is 6. The summed E-state index contributed by atoms with van der Waals surface area (Å²) in [5, 5.41) is 7.38. The number of nitrogens with one attached hydrogen (secondary N) is 1. The Morgan fingerprint density at radius 2 is 2.00 bits per heavy atom. The Balaban J connectivity index is 2.17. The molecule has 0 spiro atoms. The highest BCUT2D eigenvalue weighted by Gasteiger charge is 2.41. The van der Waals surface area contributed by atoms with Gasteiger partial charge in [-0.2, -0.15) is 5.90 Å². The molecule has 0 aliphatic carbocycles. The largest absolute Gasteiger partial charge is 0.384 e. The molecule has 1 aromatic rings. The summed E-state index contributed by atoms with van der Waals surface area (Å²) in [5.41, 5.74) is 6.64. The number of amidine groups is 1. The molecular weight excluding hydrogens is 312 g/mol. The minimum absolute atomic E-state index is 0.0517. The van der Waals surface area contributed by atoms with Gasteiger partial charge in [0.25, 0.3) is 0 Å². The summed E-state index contributed by atoms with van der Waals surface area (Å²) in [6.45, 7) is 1.80. The summed E-state index contributed by atoms with van der Waals surface area (Å²) in [6, 6.07) is 6.72. The zero-order valence-corrected chi connectivity index (χ0v) is 13.3. The first-order valence-corrected chi connectivity index (χ1v) is 7.51. The average Bonchev–Trinajstić information content (AvgIpc) is 2.93. The van der Waals surface area contributed by atoms with E-state index in [0.717, 1.165) is 0 Å². The highest BCUT2D eigenvalue weighted by atomic mass is 16.7. The fraction of sp³-hybridized carbons (Fsp3) is 0.375. The number of nitrogen functional groups attached to an aromatic ring is 1. The van der Waals surface area contributed by atoms with Crippen LogP contribution >= 0.6 is 0 Å². The van der Waals surface area contributed by atoms with Crippen molar-refractivity contribution >= 4 is 29.2 Å². The van der Waals surface area contributed by atoms with Crippen molar-refractivity contribution < 1.29 is 19.2 Å². The zero-order chi connectivity index (χ0) is 17.9. The maximum atomic E-state index is 12.7. The van der Waals surface area contributed by atoms with E-state index in [0.29, 0.717) is 24.2 Å². The molecule has 0 aromatic heterocycles. The second-order valence-corrected chi connectivity index (χ2v) is 5.76. The highest BCUT2D eigenvalue weighted by molar-refractivity contribution is 6.01. The molecule has 0 saturated carbocycles. The van der Waals surface area contributed by atoms with Crippen LogP contribution in [0.5, 0.6) is 0 Å². The molecule has 2 rings (SSSR count). The molecule has 2 atom stereocenters. The Morgan fingerprint density at radius 1 is 1.38 bits per heavy atom. The van der Waals surface area contributed by atoms with E-state index in [-0.39, 0.29) is 23.9 Å². The first-order valence-electron chi connectivity index (χ1n) is 7.51. The van der Waals surface area contributed by atoms with Crippen LogP contribution < -0.4 is 16.5 Å². The number of Topliss-reactive ketones (excluding diaryl/α,β-unsaturated/α-hetero) is 1. The fourth-order valence-corrected chi connectivity index (χ4v) is 2.95. The second kappa shape index (κ2) is 7.22. The summed E-state index contributed by atoms with van der Waals surface area (Å²) >= 11 is 0. The van der Waals surface area contributed by atoms with E-state index in [1.807, 2.05) is 0 Å². The van der Waals surface area contributed by atoms with Gasteiger partial charge in [0.05, 0.1) is 12.3 Å². The van der Waals surface area contributed by atoms with E-state index < -0.39 is 17.8 Å². The number of nitrogens with zero attached hydrogens (tertiary/aromatic N) is 1. The number of benzene rings is 1. The number of carbonyl (C=O) groups excluding carboxylic acids is 3. The van der Waals surface area contributed by atoms with Crippen molar-refractivity contribution in [2.45, 2.75) is 19.8 Å². The minimum Gasteiger partial charge on any atom is -0.384 e. The third-order valence-corrected chi connectivity index (χ3v) is 4.26. The Hall–Kier alpha value is -2.74. The van der Waals surface area contributed by atoms with E-state index in [1.54, 1.807) is 29.2 Å². The van der Waals surface area contributed by atoms with Crippen molar-refractivity contribution in [2.75, 3.05) is 11.4 Å². The lowest BCUT2D eigenvalue weighted by Crippen LogP contribution is -2.34.